The summed E-state index contributed by atoms with van der Waals surface area (Å²) in [5, 5.41) is 2.55. The fourth-order valence-electron chi connectivity index (χ4n) is 2.90. The Morgan fingerprint density at radius 1 is 1.26 bits per heavy atom. The summed E-state index contributed by atoms with van der Waals surface area (Å²) in [4.78, 5) is 50.4. The molecule has 0 spiro atoms. The lowest BCUT2D eigenvalue weighted by atomic mass is 9.96. The quantitative estimate of drug-likeness (QED) is 0.610. The number of rotatable bonds is 6. The number of aldehydes is 2. The summed E-state index contributed by atoms with van der Waals surface area (Å²) in [5.41, 5.74) is 0.131. The molecule has 1 aromatic heterocycles. The zero-order valence-electron chi connectivity index (χ0n) is 14.3. The molecule has 0 radical (unpaired) electrons. The van der Waals surface area contributed by atoms with E-state index in [1.807, 2.05) is 0 Å². The topological polar surface area (TPSA) is 107 Å². The van der Waals surface area contributed by atoms with Crippen molar-refractivity contribution in [3.8, 4) is 0 Å². The van der Waals surface area contributed by atoms with Gasteiger partial charge in [0.25, 0.3) is 5.91 Å². The van der Waals surface area contributed by atoms with Crippen LogP contribution in [0.3, 0.4) is 0 Å². The van der Waals surface area contributed by atoms with E-state index in [1.165, 1.54) is 16.8 Å². The summed E-state index contributed by atoms with van der Waals surface area (Å²) < 4.78 is 6.82. The molecule has 0 bridgehead atoms. The molecule has 27 heavy (non-hydrogen) atoms. The molecule has 0 aliphatic carbocycles. The van der Waals surface area contributed by atoms with Crippen molar-refractivity contribution in [3.05, 3.63) is 70.8 Å². The van der Waals surface area contributed by atoms with Crippen LogP contribution in [0.25, 0.3) is 0 Å². The minimum absolute atomic E-state index is 0.0202. The number of nitrogens with one attached hydrogen (secondary N) is 1. The van der Waals surface area contributed by atoms with E-state index in [4.69, 9.17) is 4.74 Å². The summed E-state index contributed by atoms with van der Waals surface area (Å²) >= 11 is 0. The van der Waals surface area contributed by atoms with Crippen molar-refractivity contribution in [2.24, 2.45) is 5.92 Å². The van der Waals surface area contributed by atoms with Crippen molar-refractivity contribution in [1.82, 2.24) is 9.55 Å². The van der Waals surface area contributed by atoms with Crippen LogP contribution >= 0.6 is 0 Å². The predicted molar refractivity (Wildman–Crippen MR) is 96.2 cm³/mol. The highest BCUT2D eigenvalue weighted by molar-refractivity contribution is 6.03. The van der Waals surface area contributed by atoms with Crippen LogP contribution in [0.1, 0.15) is 23.0 Å². The van der Waals surface area contributed by atoms with E-state index >= 15 is 0 Å². The van der Waals surface area contributed by atoms with Crippen molar-refractivity contribution in [3.63, 3.8) is 0 Å². The van der Waals surface area contributed by atoms with E-state index in [1.54, 1.807) is 30.3 Å². The lowest BCUT2D eigenvalue weighted by molar-refractivity contribution is -0.115. The first-order chi connectivity index (χ1) is 13.0. The minimum Gasteiger partial charge on any atom is -0.349 e. The molecule has 1 fully saturated rings. The zero-order valence-corrected chi connectivity index (χ0v) is 14.3. The highest BCUT2D eigenvalue weighted by Crippen LogP contribution is 2.36. The van der Waals surface area contributed by atoms with E-state index in [-0.39, 0.29) is 12.2 Å². The molecule has 1 saturated heterocycles. The van der Waals surface area contributed by atoms with Crippen LogP contribution in [0.2, 0.25) is 0 Å². The molecule has 8 heteroatoms. The Bertz CT molecular complexity index is 938. The molecule has 1 unspecified atom stereocenters. The Kier molecular flexibility index (Phi) is 5.37. The molecule has 1 aliphatic heterocycles. The molecule has 0 saturated carbocycles. The Labute approximate surface area is 154 Å². The number of aromatic nitrogens is 2. The van der Waals surface area contributed by atoms with Gasteiger partial charge in [0.1, 0.15) is 18.4 Å². The molecular weight excluding hydrogens is 350 g/mol. The third-order valence-electron chi connectivity index (χ3n) is 4.28. The van der Waals surface area contributed by atoms with E-state index in [2.05, 4.69) is 16.9 Å². The number of benzene rings is 1. The predicted octanol–water partition coefficient (Wildman–Crippen LogP) is 1.35. The van der Waals surface area contributed by atoms with Crippen molar-refractivity contribution in [2.75, 3.05) is 5.32 Å². The van der Waals surface area contributed by atoms with E-state index in [9.17, 15) is 19.2 Å². The molecule has 3 rings (SSSR count). The van der Waals surface area contributed by atoms with Gasteiger partial charge in [-0.1, -0.05) is 24.8 Å². The molecule has 1 amide bonds. The average Bonchev–Trinajstić information content (AvgIpc) is 2.98. The number of carbonyl (C=O) groups is 3. The number of anilines is 1. The molecule has 1 N–H and O–H groups in total. The fraction of sp³-hybridized carbons (Fsp3) is 0.211. The normalized spacial score (nSPS) is 21.6. The summed E-state index contributed by atoms with van der Waals surface area (Å²) in [5.74, 6) is -0.983. The van der Waals surface area contributed by atoms with Gasteiger partial charge in [0, 0.05) is 18.2 Å². The molecule has 138 valence electrons. The second-order valence-electron chi connectivity index (χ2n) is 5.99. The van der Waals surface area contributed by atoms with Crippen LogP contribution in [-0.4, -0.2) is 34.1 Å². The number of ether oxygens (including phenoxy) is 1. The molecule has 2 heterocycles. The highest BCUT2D eigenvalue weighted by Gasteiger charge is 2.39. The minimum atomic E-state index is -0.899. The molecule has 1 aromatic carbocycles. The summed E-state index contributed by atoms with van der Waals surface area (Å²) in [7, 11) is 0. The number of hydrogen-bond acceptors (Lipinski definition) is 6. The number of carbonyl (C=O) groups excluding carboxylic acids is 3. The monoisotopic (exact) mass is 367 g/mol. The van der Waals surface area contributed by atoms with Gasteiger partial charge in [0.05, 0.1) is 12.0 Å². The third-order valence-corrected chi connectivity index (χ3v) is 4.28. The van der Waals surface area contributed by atoms with Gasteiger partial charge in [-0.3, -0.25) is 9.36 Å². The Morgan fingerprint density at radius 3 is 2.63 bits per heavy atom. The van der Waals surface area contributed by atoms with Gasteiger partial charge in [0.15, 0.2) is 6.23 Å². The summed E-state index contributed by atoms with van der Waals surface area (Å²) in [6.07, 6.45) is 1.16. The van der Waals surface area contributed by atoms with Crippen LogP contribution in [0.15, 0.2) is 59.5 Å². The number of nitrogens with zero attached hydrogens (tertiary/aromatic N) is 2. The van der Waals surface area contributed by atoms with Gasteiger partial charge >= 0.3 is 5.69 Å². The fourth-order valence-corrected chi connectivity index (χ4v) is 2.90. The van der Waals surface area contributed by atoms with Crippen molar-refractivity contribution in [1.29, 1.82) is 0 Å². The van der Waals surface area contributed by atoms with Gasteiger partial charge < -0.3 is 19.6 Å². The molecular formula is C19H17N3O5. The van der Waals surface area contributed by atoms with Gasteiger partial charge in [-0.2, -0.15) is 4.98 Å². The lowest BCUT2D eigenvalue weighted by Gasteiger charge is -2.15. The van der Waals surface area contributed by atoms with Crippen molar-refractivity contribution < 1.29 is 19.1 Å². The van der Waals surface area contributed by atoms with Crippen LogP contribution in [0.5, 0.6) is 0 Å². The smallest absolute Gasteiger partial charge is 0.349 e. The van der Waals surface area contributed by atoms with Gasteiger partial charge in [0.2, 0.25) is 0 Å². The van der Waals surface area contributed by atoms with Gasteiger partial charge in [-0.15, -0.1) is 0 Å². The van der Waals surface area contributed by atoms with Crippen LogP contribution in [-0.2, 0) is 14.3 Å². The maximum atomic E-state index is 12.4. The zero-order chi connectivity index (χ0) is 19.4. The van der Waals surface area contributed by atoms with Crippen molar-refractivity contribution >= 4 is 24.3 Å². The SMILES string of the molecule is C=C1C(C=O)[C@@H](CC=O)O[C@H]1n1ccc(NC(=O)c2ccccc2)nc1=O. The first kappa shape index (κ1) is 18.4. The van der Waals surface area contributed by atoms with Gasteiger partial charge in [-0.25, -0.2) is 4.79 Å². The van der Waals surface area contributed by atoms with Crippen molar-refractivity contribution in [2.45, 2.75) is 18.8 Å². The van der Waals surface area contributed by atoms with E-state index in [0.717, 1.165) is 0 Å². The second kappa shape index (κ2) is 7.88. The molecule has 8 nitrogen and oxygen atoms in total. The first-order valence-corrected chi connectivity index (χ1v) is 8.24. The van der Waals surface area contributed by atoms with E-state index < -0.39 is 29.8 Å². The lowest BCUT2D eigenvalue weighted by Crippen LogP contribution is -2.28. The van der Waals surface area contributed by atoms with Crippen LogP contribution in [0, 0.1) is 5.92 Å². The average molecular weight is 367 g/mol. The summed E-state index contributed by atoms with van der Waals surface area (Å²) in [6, 6.07) is 9.96. The highest BCUT2D eigenvalue weighted by atomic mass is 16.5. The third kappa shape index (κ3) is 3.75. The molecule has 2 aromatic rings. The first-order valence-electron chi connectivity index (χ1n) is 8.24. The van der Waals surface area contributed by atoms with Crippen LogP contribution in [0.4, 0.5) is 5.82 Å². The second-order valence-corrected chi connectivity index (χ2v) is 5.99. The maximum absolute atomic E-state index is 12.4. The Hall–Kier alpha value is -3.39. The Morgan fingerprint density at radius 2 is 2.00 bits per heavy atom. The molecule has 1 aliphatic rings. The molecule has 3 atom stereocenters. The van der Waals surface area contributed by atoms with Gasteiger partial charge in [-0.05, 0) is 23.8 Å². The van der Waals surface area contributed by atoms with Crippen LogP contribution < -0.4 is 11.0 Å². The Balaban J connectivity index is 1.80. The summed E-state index contributed by atoms with van der Waals surface area (Å²) in [6.45, 7) is 3.82. The number of amides is 1. The standard InChI is InChI=1S/C19H17N3O5/c1-12-14(11-24)15(8-10-23)27-18(12)22-9-7-16(21-19(22)26)20-17(25)13-5-3-2-4-6-13/h2-7,9-11,14-15,18H,1,8H2,(H,20,21,25,26)/t14?,15-,18-/m1/s1. The largest absolute Gasteiger partial charge is 0.351 e. The van der Waals surface area contributed by atoms with E-state index in [0.29, 0.717) is 23.7 Å². The number of hydrogen-bond donors (Lipinski definition) is 1. The maximum Gasteiger partial charge on any atom is 0.351 e.